The molecule has 1 nitrogen and oxygen atoms in total. The molecular formula is C22H29AlO. The summed E-state index contributed by atoms with van der Waals surface area (Å²) < 4.78 is 0.487. The van der Waals surface area contributed by atoms with E-state index in [-0.39, 0.29) is 5.92 Å². The zero-order valence-corrected chi connectivity index (χ0v) is 16.3. The van der Waals surface area contributed by atoms with E-state index in [4.69, 9.17) is 0 Å². The second-order valence-electron chi connectivity index (χ2n) is 6.59. The van der Waals surface area contributed by atoms with Crippen molar-refractivity contribution in [3.8, 4) is 0 Å². The highest BCUT2D eigenvalue weighted by atomic mass is 27.1. The largest absolute Gasteiger partial charge is 0.344 e. The topological polar surface area (TPSA) is 17.1 Å². The van der Waals surface area contributed by atoms with Crippen molar-refractivity contribution in [2.75, 3.05) is 0 Å². The minimum absolute atomic E-state index is 0.0563. The summed E-state index contributed by atoms with van der Waals surface area (Å²) >= 11 is -0.678. The molecule has 2 rings (SSSR count). The fourth-order valence-electron chi connectivity index (χ4n) is 3.26. The predicted molar refractivity (Wildman–Crippen MR) is 105 cm³/mol. The Morgan fingerprint density at radius 2 is 1.29 bits per heavy atom. The van der Waals surface area contributed by atoms with Crippen LogP contribution in [0.3, 0.4) is 0 Å². The lowest BCUT2D eigenvalue weighted by Crippen LogP contribution is -2.20. The van der Waals surface area contributed by atoms with Crippen molar-refractivity contribution in [3.63, 3.8) is 0 Å². The van der Waals surface area contributed by atoms with Crippen LogP contribution in [0.1, 0.15) is 62.5 Å². The molecule has 0 spiro atoms. The highest BCUT2D eigenvalue weighted by molar-refractivity contribution is 6.75. The maximum absolute atomic E-state index is 12.9. The molecule has 0 saturated carbocycles. The van der Waals surface area contributed by atoms with Crippen LogP contribution in [0.15, 0.2) is 60.7 Å². The first kappa shape index (κ1) is 19.0. The molecule has 0 aromatic heterocycles. The first-order chi connectivity index (χ1) is 11.8. The fourth-order valence-corrected chi connectivity index (χ4v) is 4.97. The van der Waals surface area contributed by atoms with E-state index in [1.807, 2.05) is 36.4 Å². The summed E-state index contributed by atoms with van der Waals surface area (Å²) in [7, 11) is 0. The molecule has 2 aromatic carbocycles. The van der Waals surface area contributed by atoms with E-state index < -0.39 is 15.2 Å². The Hall–Kier alpha value is -1.36. The summed E-state index contributed by atoms with van der Waals surface area (Å²) in [5.41, 5.74) is 2.29. The summed E-state index contributed by atoms with van der Waals surface area (Å²) in [6.45, 7) is 2.25. The van der Waals surface area contributed by atoms with Gasteiger partial charge in [0.1, 0.15) is 0 Å². The van der Waals surface area contributed by atoms with Gasteiger partial charge >= 0.3 is 15.2 Å². The van der Waals surface area contributed by atoms with Crippen molar-refractivity contribution in [1.29, 1.82) is 0 Å². The van der Waals surface area contributed by atoms with Crippen LogP contribution in [0.2, 0.25) is 5.28 Å². The standard InChI is InChI=1S/C14H11O.C8H17.Al.H/c15-11-14(12-7-3-1-4-8-12)13-9-5-2-6-10-13;1-3-5-7-8-6-4-2;;/h1-10,14H;1,3-8H2,2H3;;. The van der Waals surface area contributed by atoms with Crippen molar-refractivity contribution >= 4 is 19.9 Å². The van der Waals surface area contributed by atoms with Crippen molar-refractivity contribution in [1.82, 2.24) is 0 Å². The van der Waals surface area contributed by atoms with E-state index in [1.54, 1.807) is 0 Å². The van der Waals surface area contributed by atoms with Gasteiger partial charge in [-0.3, -0.25) is 0 Å². The number of unbranched alkanes of at least 4 members (excludes halogenated alkanes) is 5. The van der Waals surface area contributed by atoms with E-state index in [9.17, 15) is 4.79 Å². The van der Waals surface area contributed by atoms with Crippen LogP contribution in [0, 0.1) is 0 Å². The molecule has 0 radical (unpaired) electrons. The van der Waals surface area contributed by atoms with Gasteiger partial charge in [-0.25, -0.2) is 0 Å². The van der Waals surface area contributed by atoms with Gasteiger partial charge in [0.05, 0.1) is 4.65 Å². The van der Waals surface area contributed by atoms with Crippen LogP contribution < -0.4 is 0 Å². The van der Waals surface area contributed by atoms with E-state index in [2.05, 4.69) is 31.2 Å². The first-order valence-electron chi connectivity index (χ1n) is 9.45. The van der Waals surface area contributed by atoms with Crippen molar-refractivity contribution in [3.05, 3.63) is 71.8 Å². The summed E-state index contributed by atoms with van der Waals surface area (Å²) in [4.78, 5) is 12.9. The Morgan fingerprint density at radius 3 is 1.83 bits per heavy atom. The fraction of sp³-hybridized carbons (Fsp3) is 0.409. The Labute approximate surface area is 153 Å². The first-order valence-corrected chi connectivity index (χ1v) is 11.2. The van der Waals surface area contributed by atoms with Crippen LogP contribution in [-0.2, 0) is 4.79 Å². The number of carbonyl (C=O) groups excluding carboxylic acids is 1. The normalized spacial score (nSPS) is 10.8. The Balaban J connectivity index is 1.92. The van der Waals surface area contributed by atoms with E-state index >= 15 is 0 Å². The number of hydrogen-bond acceptors (Lipinski definition) is 1. The molecule has 0 amide bonds. The summed E-state index contributed by atoms with van der Waals surface area (Å²) in [6.07, 6.45) is 7.85. The monoisotopic (exact) mass is 336 g/mol. The lowest BCUT2D eigenvalue weighted by molar-refractivity contribution is -0.112. The minimum Gasteiger partial charge on any atom is -0.320 e. The zero-order chi connectivity index (χ0) is 17.0. The Morgan fingerprint density at radius 1 is 0.792 bits per heavy atom. The van der Waals surface area contributed by atoms with E-state index in [0.717, 1.165) is 16.4 Å². The number of rotatable bonds is 11. The van der Waals surface area contributed by atoms with Crippen molar-refractivity contribution in [2.45, 2.75) is 56.6 Å². The smallest absolute Gasteiger partial charge is 0.320 e. The third kappa shape index (κ3) is 6.27. The van der Waals surface area contributed by atoms with E-state index in [1.165, 1.54) is 38.5 Å². The molecule has 0 aliphatic carbocycles. The highest BCUT2D eigenvalue weighted by Crippen LogP contribution is 2.25. The van der Waals surface area contributed by atoms with Crippen molar-refractivity contribution in [2.24, 2.45) is 0 Å². The molecule has 0 fully saturated rings. The average Bonchev–Trinajstić information content (AvgIpc) is 2.63. The van der Waals surface area contributed by atoms with Gasteiger partial charge in [-0.2, -0.15) is 0 Å². The van der Waals surface area contributed by atoms with Gasteiger partial charge in [-0.1, -0.05) is 111 Å². The molecule has 0 N–H and O–H groups in total. The highest BCUT2D eigenvalue weighted by Gasteiger charge is 2.22. The molecule has 2 heteroatoms. The zero-order valence-electron chi connectivity index (χ0n) is 14.9. The predicted octanol–water partition coefficient (Wildman–Crippen LogP) is 5.56. The van der Waals surface area contributed by atoms with Crippen LogP contribution in [0.25, 0.3) is 0 Å². The van der Waals surface area contributed by atoms with Crippen LogP contribution in [0.5, 0.6) is 0 Å². The van der Waals surface area contributed by atoms with Gasteiger partial charge in [-0.05, 0) is 11.1 Å². The Kier molecular flexibility index (Phi) is 8.89. The van der Waals surface area contributed by atoms with Crippen LogP contribution in [0.4, 0.5) is 0 Å². The molecule has 126 valence electrons. The third-order valence-electron chi connectivity index (χ3n) is 4.61. The van der Waals surface area contributed by atoms with Crippen LogP contribution in [-0.4, -0.2) is 19.9 Å². The second kappa shape index (κ2) is 11.2. The molecule has 0 atom stereocenters. The minimum atomic E-state index is -0.678. The summed E-state index contributed by atoms with van der Waals surface area (Å²) in [6, 6.07) is 20.5. The van der Waals surface area contributed by atoms with Gasteiger partial charge in [0.2, 0.25) is 0 Å². The van der Waals surface area contributed by atoms with Gasteiger partial charge in [0.15, 0.2) is 0 Å². The van der Waals surface area contributed by atoms with Gasteiger partial charge in [0.25, 0.3) is 0 Å². The van der Waals surface area contributed by atoms with Crippen LogP contribution >= 0.6 is 0 Å². The number of benzene rings is 2. The van der Waals surface area contributed by atoms with Gasteiger partial charge in [-0.15, -0.1) is 0 Å². The molecular weight excluding hydrogens is 307 g/mol. The average molecular weight is 336 g/mol. The molecule has 0 bridgehead atoms. The lowest BCUT2D eigenvalue weighted by Gasteiger charge is -2.17. The lowest BCUT2D eigenvalue weighted by atomic mass is 9.92. The summed E-state index contributed by atoms with van der Waals surface area (Å²) in [5.74, 6) is -0.0563. The number of carbonyl (C=O) groups is 1. The second-order valence-corrected chi connectivity index (χ2v) is 8.50. The maximum atomic E-state index is 12.9. The summed E-state index contributed by atoms with van der Waals surface area (Å²) in [5, 5.41) is 1.15. The number of hydrogen-bond donors (Lipinski definition) is 0. The molecule has 0 aliphatic rings. The van der Waals surface area contributed by atoms with Gasteiger partial charge in [0, 0.05) is 5.92 Å². The molecule has 0 heterocycles. The van der Waals surface area contributed by atoms with Gasteiger partial charge < -0.3 is 4.79 Å². The molecule has 24 heavy (non-hydrogen) atoms. The van der Waals surface area contributed by atoms with Crippen molar-refractivity contribution < 1.29 is 4.79 Å². The molecule has 0 saturated heterocycles. The molecule has 2 aromatic rings. The molecule has 0 aliphatic heterocycles. The Bertz CT molecular complexity index is 540. The SMILES string of the molecule is CCCCCCC[CH2][AlH][C](=O)C(c1ccccc1)c1ccccc1. The molecule has 0 unspecified atom stereocenters. The third-order valence-corrected chi connectivity index (χ3v) is 6.37. The quantitative estimate of drug-likeness (QED) is 0.388. The maximum Gasteiger partial charge on any atom is 0.344 e. The van der Waals surface area contributed by atoms with E-state index in [0.29, 0.717) is 4.65 Å².